The minimum atomic E-state index is -1.95. The van der Waals surface area contributed by atoms with E-state index < -0.39 is 47.8 Å². The molecule has 3 heterocycles. The van der Waals surface area contributed by atoms with Gasteiger partial charge in [-0.05, 0) is 28.8 Å². The second kappa shape index (κ2) is 10.1. The van der Waals surface area contributed by atoms with E-state index in [-0.39, 0.29) is 6.54 Å². The van der Waals surface area contributed by atoms with Gasteiger partial charge < -0.3 is 10.2 Å². The number of aliphatic hydroxyl groups excluding tert-OH is 1. The average molecular weight is 498 g/mol. The summed E-state index contributed by atoms with van der Waals surface area (Å²) in [5.74, 6) is -4.53. The molecule has 0 bridgehead atoms. The number of amides is 2. The van der Waals surface area contributed by atoms with Crippen LogP contribution in [-0.2, 0) is 20.8 Å². The molecule has 8 nitrogen and oxygen atoms in total. The van der Waals surface area contributed by atoms with E-state index in [1.807, 2.05) is 72.8 Å². The largest absolute Gasteiger partial charge is 0.480 e. The van der Waals surface area contributed by atoms with Crippen LogP contribution in [0.15, 0.2) is 79.0 Å². The molecule has 188 valence electrons. The van der Waals surface area contributed by atoms with E-state index in [4.69, 9.17) is 0 Å². The van der Waals surface area contributed by atoms with E-state index in [0.29, 0.717) is 12.0 Å². The number of likely N-dealkylation sites (tertiary alicyclic amines) is 1. The van der Waals surface area contributed by atoms with Gasteiger partial charge in [0.1, 0.15) is 0 Å². The van der Waals surface area contributed by atoms with E-state index in [0.717, 1.165) is 21.7 Å². The lowest BCUT2D eigenvalue weighted by molar-refractivity contribution is -0.153. The van der Waals surface area contributed by atoms with Crippen LogP contribution in [0.2, 0.25) is 0 Å². The highest BCUT2D eigenvalue weighted by atomic mass is 16.4. The first-order valence-corrected chi connectivity index (χ1v) is 12.1. The molecule has 3 aromatic rings. The van der Waals surface area contributed by atoms with Crippen molar-refractivity contribution in [2.45, 2.75) is 18.0 Å². The Bertz CT molecular complexity index is 1330. The van der Waals surface area contributed by atoms with Crippen LogP contribution in [0.25, 0.3) is 12.2 Å². The Kier molecular flexibility index (Phi) is 6.69. The van der Waals surface area contributed by atoms with E-state index in [2.05, 4.69) is 10.3 Å². The molecule has 0 radical (unpaired) electrons. The van der Waals surface area contributed by atoms with Crippen molar-refractivity contribution in [2.24, 2.45) is 11.8 Å². The highest BCUT2D eigenvalue weighted by molar-refractivity contribution is 6.09. The topological polar surface area (TPSA) is 120 Å². The van der Waals surface area contributed by atoms with Gasteiger partial charge in [0.15, 0.2) is 5.54 Å². The van der Waals surface area contributed by atoms with Crippen molar-refractivity contribution in [3.8, 4) is 0 Å². The third-order valence-electron chi connectivity index (χ3n) is 7.26. The molecule has 5 rings (SSSR count). The molecule has 8 heteroatoms. The SMILES string of the molecule is O=C1C2C(c3ccc(/C=C/c4ccccc4)cc3)NC(CO)(C(=O)O)C2C(=O)N1CCc1ccccn1. The van der Waals surface area contributed by atoms with Crippen molar-refractivity contribution in [3.05, 3.63) is 101 Å². The molecular formula is C29H27N3O5. The Balaban J connectivity index is 1.42. The summed E-state index contributed by atoms with van der Waals surface area (Å²) in [5.41, 5.74) is 1.44. The molecule has 0 saturated carbocycles. The Morgan fingerprint density at radius 2 is 1.62 bits per heavy atom. The summed E-state index contributed by atoms with van der Waals surface area (Å²) in [6.07, 6.45) is 5.94. The summed E-state index contributed by atoms with van der Waals surface area (Å²) in [6, 6.07) is 21.9. The standard InChI is InChI=1S/C29H27N3O5/c33-18-29(28(36)37)24-23(26(34)32(27(24)35)17-15-22-8-4-5-16-30-22)25(31-29)21-13-11-20(12-14-21)10-9-19-6-2-1-3-7-19/h1-14,16,23-25,31,33H,15,17-18H2,(H,36,37)/b10-9+. The van der Waals surface area contributed by atoms with Gasteiger partial charge in [-0.2, -0.15) is 0 Å². The maximum absolute atomic E-state index is 13.5. The van der Waals surface area contributed by atoms with Gasteiger partial charge in [0, 0.05) is 30.9 Å². The summed E-state index contributed by atoms with van der Waals surface area (Å²) in [7, 11) is 0. The maximum atomic E-state index is 13.5. The van der Waals surface area contributed by atoms with Gasteiger partial charge in [-0.25, -0.2) is 0 Å². The van der Waals surface area contributed by atoms with Gasteiger partial charge in [0.05, 0.1) is 18.4 Å². The fraction of sp³-hybridized carbons (Fsp3) is 0.241. The second-order valence-electron chi connectivity index (χ2n) is 9.37. The van der Waals surface area contributed by atoms with Crippen molar-refractivity contribution >= 4 is 29.9 Å². The number of hydrogen-bond donors (Lipinski definition) is 3. The highest BCUT2D eigenvalue weighted by Crippen LogP contribution is 2.48. The molecule has 2 amide bonds. The van der Waals surface area contributed by atoms with E-state index in [9.17, 15) is 24.6 Å². The zero-order valence-electron chi connectivity index (χ0n) is 20.0. The second-order valence-corrected chi connectivity index (χ2v) is 9.37. The predicted octanol–water partition coefficient (Wildman–Crippen LogP) is 2.56. The van der Waals surface area contributed by atoms with Crippen molar-refractivity contribution < 1.29 is 24.6 Å². The number of pyridine rings is 1. The van der Waals surface area contributed by atoms with Crippen LogP contribution < -0.4 is 5.32 Å². The third-order valence-corrected chi connectivity index (χ3v) is 7.26. The first-order valence-electron chi connectivity index (χ1n) is 12.1. The number of hydrogen-bond acceptors (Lipinski definition) is 6. The first kappa shape index (κ1) is 24.5. The lowest BCUT2D eigenvalue weighted by Gasteiger charge is -2.29. The number of aromatic nitrogens is 1. The number of rotatable bonds is 8. The number of carbonyl (C=O) groups excluding carboxylic acids is 2. The summed E-state index contributed by atoms with van der Waals surface area (Å²) in [6.45, 7) is -0.719. The molecular weight excluding hydrogens is 470 g/mol. The lowest BCUT2D eigenvalue weighted by atomic mass is 9.79. The van der Waals surface area contributed by atoms with Gasteiger partial charge >= 0.3 is 5.97 Å². The third kappa shape index (κ3) is 4.45. The lowest BCUT2D eigenvalue weighted by Crippen LogP contribution is -2.58. The normalized spacial score (nSPS) is 25.1. The minimum Gasteiger partial charge on any atom is -0.480 e. The van der Waals surface area contributed by atoms with Crippen LogP contribution in [-0.4, -0.2) is 56.6 Å². The number of nitrogens with zero attached hydrogens (tertiary/aromatic N) is 2. The average Bonchev–Trinajstić information content (AvgIpc) is 3.41. The van der Waals surface area contributed by atoms with Gasteiger partial charge in [-0.1, -0.05) is 72.8 Å². The molecule has 0 spiro atoms. The molecule has 0 aliphatic carbocycles. The number of carboxylic acids is 1. The Labute approximate surface area is 214 Å². The number of aliphatic carboxylic acids is 1. The molecule has 2 fully saturated rings. The summed E-state index contributed by atoms with van der Waals surface area (Å²) in [5, 5.41) is 23.2. The van der Waals surface area contributed by atoms with Crippen LogP contribution in [0, 0.1) is 11.8 Å². The molecule has 3 N–H and O–H groups in total. The van der Waals surface area contributed by atoms with Crippen molar-refractivity contribution in [2.75, 3.05) is 13.2 Å². The predicted molar refractivity (Wildman–Crippen MR) is 137 cm³/mol. The molecule has 4 unspecified atom stereocenters. The van der Waals surface area contributed by atoms with Crippen LogP contribution in [0.1, 0.15) is 28.4 Å². The van der Waals surface area contributed by atoms with Crippen LogP contribution in [0.5, 0.6) is 0 Å². The molecule has 2 saturated heterocycles. The van der Waals surface area contributed by atoms with Crippen molar-refractivity contribution in [1.29, 1.82) is 0 Å². The van der Waals surface area contributed by atoms with Gasteiger partial charge in [0.2, 0.25) is 11.8 Å². The Hall–Kier alpha value is -4.14. The van der Waals surface area contributed by atoms with Gasteiger partial charge in [0.25, 0.3) is 0 Å². The smallest absolute Gasteiger partial charge is 0.327 e. The Morgan fingerprint density at radius 1 is 0.946 bits per heavy atom. The number of aliphatic hydroxyl groups is 1. The number of fused-ring (bicyclic) bond motifs is 1. The monoisotopic (exact) mass is 497 g/mol. The van der Waals surface area contributed by atoms with E-state index >= 15 is 0 Å². The quantitative estimate of drug-likeness (QED) is 0.323. The minimum absolute atomic E-state index is 0.0960. The zero-order chi connectivity index (χ0) is 26.0. The van der Waals surface area contributed by atoms with Crippen molar-refractivity contribution in [3.63, 3.8) is 0 Å². The van der Waals surface area contributed by atoms with Crippen LogP contribution >= 0.6 is 0 Å². The zero-order valence-corrected chi connectivity index (χ0v) is 20.0. The first-order chi connectivity index (χ1) is 17.9. The van der Waals surface area contributed by atoms with Crippen molar-refractivity contribution in [1.82, 2.24) is 15.2 Å². The maximum Gasteiger partial charge on any atom is 0.327 e. The summed E-state index contributed by atoms with van der Waals surface area (Å²) in [4.78, 5) is 44.7. The number of benzene rings is 2. The fourth-order valence-electron chi connectivity index (χ4n) is 5.32. The fourth-order valence-corrected chi connectivity index (χ4v) is 5.32. The summed E-state index contributed by atoms with van der Waals surface area (Å²) >= 11 is 0. The number of carboxylic acid groups (broad SMARTS) is 1. The Morgan fingerprint density at radius 3 is 2.24 bits per heavy atom. The van der Waals surface area contributed by atoms with Gasteiger partial charge in [-0.15, -0.1) is 0 Å². The number of carbonyl (C=O) groups is 3. The molecule has 2 aliphatic heterocycles. The van der Waals surface area contributed by atoms with E-state index in [1.165, 1.54) is 0 Å². The molecule has 2 aromatic carbocycles. The number of nitrogens with one attached hydrogen (secondary N) is 1. The molecule has 1 aromatic heterocycles. The number of imide groups is 1. The molecule has 4 atom stereocenters. The van der Waals surface area contributed by atoms with E-state index in [1.54, 1.807) is 18.3 Å². The molecule has 37 heavy (non-hydrogen) atoms. The highest BCUT2D eigenvalue weighted by Gasteiger charge is 2.68. The molecule has 2 aliphatic rings. The van der Waals surface area contributed by atoms with Crippen LogP contribution in [0.3, 0.4) is 0 Å². The van der Waals surface area contributed by atoms with Crippen LogP contribution in [0.4, 0.5) is 0 Å². The summed E-state index contributed by atoms with van der Waals surface area (Å²) < 4.78 is 0. The van der Waals surface area contributed by atoms with Gasteiger partial charge in [-0.3, -0.25) is 29.6 Å².